The zero-order valence-corrected chi connectivity index (χ0v) is 13.3. The number of terminal acetylenes is 1. The number of ether oxygens (including phenoxy) is 1. The molecule has 1 heterocycles. The van der Waals surface area contributed by atoms with Crippen molar-refractivity contribution in [3.8, 4) is 18.1 Å². The van der Waals surface area contributed by atoms with Crippen LogP contribution in [0.2, 0.25) is 0 Å². The Hall–Kier alpha value is -1.09. The predicted molar refractivity (Wildman–Crippen MR) is 84.3 cm³/mol. The van der Waals surface area contributed by atoms with Crippen molar-refractivity contribution in [1.29, 1.82) is 0 Å². The highest BCUT2D eigenvalue weighted by molar-refractivity contribution is 9.11. The monoisotopic (exact) mass is 382 g/mol. The Morgan fingerprint density at radius 3 is 3.00 bits per heavy atom. The number of benzene rings is 1. The Labute approximate surface area is 129 Å². The van der Waals surface area contributed by atoms with Crippen LogP contribution in [-0.4, -0.2) is 24.7 Å². The van der Waals surface area contributed by atoms with Gasteiger partial charge in [-0.1, -0.05) is 27.9 Å². The summed E-state index contributed by atoms with van der Waals surface area (Å²) in [5.74, 6) is 3.27. The highest BCUT2D eigenvalue weighted by Gasteiger charge is 2.11. The van der Waals surface area contributed by atoms with Gasteiger partial charge in [-0.05, 0) is 28.1 Å². The van der Waals surface area contributed by atoms with Crippen molar-refractivity contribution in [2.75, 3.05) is 19.7 Å². The Kier molecular flexibility index (Phi) is 5.20. The van der Waals surface area contributed by atoms with E-state index in [9.17, 15) is 0 Å². The molecule has 0 aliphatic rings. The molecule has 98 valence electrons. The van der Waals surface area contributed by atoms with E-state index in [-0.39, 0.29) is 0 Å². The molecule has 3 nitrogen and oxygen atoms in total. The van der Waals surface area contributed by atoms with Crippen LogP contribution in [0.15, 0.2) is 33.3 Å². The van der Waals surface area contributed by atoms with Crippen LogP contribution < -0.4 is 10.1 Å². The summed E-state index contributed by atoms with van der Waals surface area (Å²) in [5.41, 5.74) is 0.834. The molecule has 0 saturated heterocycles. The van der Waals surface area contributed by atoms with E-state index in [1.165, 1.54) is 0 Å². The van der Waals surface area contributed by atoms with Gasteiger partial charge in [0.25, 0.3) is 0 Å². The maximum Gasteiger partial charge on any atom is 0.159 e. The first kappa shape index (κ1) is 14.3. The minimum absolute atomic E-state index is 0.535. The van der Waals surface area contributed by atoms with E-state index in [2.05, 4.69) is 48.1 Å². The number of nitrogens with zero attached hydrogens (tertiary/aromatic N) is 1. The molecular formula is C14H12Br2N2O. The van der Waals surface area contributed by atoms with Crippen molar-refractivity contribution >= 4 is 42.8 Å². The highest BCUT2D eigenvalue weighted by Crippen LogP contribution is 2.37. The first-order chi connectivity index (χ1) is 9.24. The van der Waals surface area contributed by atoms with E-state index in [0.29, 0.717) is 19.7 Å². The Morgan fingerprint density at radius 1 is 1.37 bits per heavy atom. The number of pyridine rings is 1. The lowest BCUT2D eigenvalue weighted by Gasteiger charge is -2.12. The topological polar surface area (TPSA) is 34.1 Å². The summed E-state index contributed by atoms with van der Waals surface area (Å²) in [6.45, 7) is 1.78. The first-order valence-electron chi connectivity index (χ1n) is 5.73. The fourth-order valence-electron chi connectivity index (χ4n) is 1.67. The van der Waals surface area contributed by atoms with Gasteiger partial charge < -0.3 is 10.1 Å². The van der Waals surface area contributed by atoms with Crippen LogP contribution >= 0.6 is 31.9 Å². The quantitative estimate of drug-likeness (QED) is 0.635. The summed E-state index contributed by atoms with van der Waals surface area (Å²) in [7, 11) is 0. The predicted octanol–water partition coefficient (Wildman–Crippen LogP) is 3.36. The van der Waals surface area contributed by atoms with Gasteiger partial charge >= 0.3 is 0 Å². The molecule has 0 bridgehead atoms. The Balaban J connectivity index is 2.20. The first-order valence-corrected chi connectivity index (χ1v) is 7.32. The van der Waals surface area contributed by atoms with Crippen LogP contribution in [0.4, 0.5) is 0 Å². The molecule has 0 aliphatic heterocycles. The van der Waals surface area contributed by atoms with Gasteiger partial charge in [-0.25, -0.2) is 0 Å². The summed E-state index contributed by atoms with van der Waals surface area (Å²) in [5, 5.41) is 4.10. The molecule has 0 aliphatic carbocycles. The molecule has 0 radical (unpaired) electrons. The van der Waals surface area contributed by atoms with E-state index in [1.54, 1.807) is 6.20 Å². The summed E-state index contributed by atoms with van der Waals surface area (Å²) >= 11 is 7.03. The van der Waals surface area contributed by atoms with Crippen molar-refractivity contribution in [3.63, 3.8) is 0 Å². The Bertz CT molecular complexity index is 623. The summed E-state index contributed by atoms with van der Waals surface area (Å²) < 4.78 is 7.65. The molecule has 0 spiro atoms. The maximum absolute atomic E-state index is 5.79. The second-order valence-electron chi connectivity index (χ2n) is 3.80. The third kappa shape index (κ3) is 3.47. The SMILES string of the molecule is C#CCNCCOc1c(Br)cc(Br)c2cccnc12. The lowest BCUT2D eigenvalue weighted by atomic mass is 10.2. The normalized spacial score (nSPS) is 10.4. The van der Waals surface area contributed by atoms with E-state index in [0.717, 1.165) is 25.6 Å². The number of rotatable bonds is 5. The number of halogens is 2. The van der Waals surface area contributed by atoms with Crippen molar-refractivity contribution < 1.29 is 4.74 Å². The third-order valence-corrected chi connectivity index (χ3v) is 3.75. The molecule has 0 atom stereocenters. The van der Waals surface area contributed by atoms with E-state index < -0.39 is 0 Å². The molecule has 19 heavy (non-hydrogen) atoms. The van der Waals surface area contributed by atoms with Crippen molar-refractivity contribution in [3.05, 3.63) is 33.3 Å². The molecule has 1 aromatic heterocycles. The molecule has 0 amide bonds. The molecule has 0 unspecified atom stereocenters. The van der Waals surface area contributed by atoms with Crippen molar-refractivity contribution in [1.82, 2.24) is 10.3 Å². The van der Waals surface area contributed by atoms with E-state index >= 15 is 0 Å². The summed E-state index contributed by atoms with van der Waals surface area (Å²) in [6.07, 6.45) is 6.92. The van der Waals surface area contributed by atoms with Crippen LogP contribution in [0.3, 0.4) is 0 Å². The van der Waals surface area contributed by atoms with E-state index in [4.69, 9.17) is 11.2 Å². The van der Waals surface area contributed by atoms with Gasteiger partial charge in [-0.3, -0.25) is 4.98 Å². The molecule has 2 aromatic rings. The summed E-state index contributed by atoms with van der Waals surface area (Å²) in [6, 6.07) is 5.87. The lowest BCUT2D eigenvalue weighted by Crippen LogP contribution is -2.21. The van der Waals surface area contributed by atoms with Crippen LogP contribution in [0.25, 0.3) is 10.9 Å². The van der Waals surface area contributed by atoms with Gasteiger partial charge in [0.15, 0.2) is 5.75 Å². The summed E-state index contributed by atoms with van der Waals surface area (Å²) in [4.78, 5) is 4.38. The zero-order chi connectivity index (χ0) is 13.7. The van der Waals surface area contributed by atoms with Gasteiger partial charge in [0.2, 0.25) is 0 Å². The maximum atomic E-state index is 5.79. The molecule has 2 rings (SSSR count). The molecule has 0 saturated carbocycles. The molecule has 0 fully saturated rings. The fourth-order valence-corrected chi connectivity index (χ4v) is 3.06. The second kappa shape index (κ2) is 6.90. The Morgan fingerprint density at radius 2 is 2.21 bits per heavy atom. The number of aromatic nitrogens is 1. The average molecular weight is 384 g/mol. The van der Waals surface area contributed by atoms with Gasteiger partial charge in [-0.2, -0.15) is 0 Å². The van der Waals surface area contributed by atoms with Crippen molar-refractivity contribution in [2.24, 2.45) is 0 Å². The number of hydrogen-bond donors (Lipinski definition) is 1. The number of hydrogen-bond acceptors (Lipinski definition) is 3. The molecular weight excluding hydrogens is 372 g/mol. The lowest BCUT2D eigenvalue weighted by molar-refractivity contribution is 0.318. The van der Waals surface area contributed by atoms with Crippen molar-refractivity contribution in [2.45, 2.75) is 0 Å². The second-order valence-corrected chi connectivity index (χ2v) is 5.51. The number of fused-ring (bicyclic) bond motifs is 1. The third-order valence-electron chi connectivity index (χ3n) is 2.50. The minimum Gasteiger partial charge on any atom is -0.489 e. The van der Waals surface area contributed by atoms with Gasteiger partial charge in [0.05, 0.1) is 11.0 Å². The molecule has 1 aromatic carbocycles. The number of nitrogens with one attached hydrogen (secondary N) is 1. The smallest absolute Gasteiger partial charge is 0.159 e. The van der Waals surface area contributed by atoms with Gasteiger partial charge in [0.1, 0.15) is 12.1 Å². The largest absolute Gasteiger partial charge is 0.489 e. The van der Waals surface area contributed by atoms with Crippen LogP contribution in [0.1, 0.15) is 0 Å². The van der Waals surface area contributed by atoms with Crippen LogP contribution in [0.5, 0.6) is 5.75 Å². The van der Waals surface area contributed by atoms with Crippen LogP contribution in [-0.2, 0) is 0 Å². The average Bonchev–Trinajstić information content (AvgIpc) is 2.42. The standard InChI is InChI=1S/C14H12Br2N2O/c1-2-5-17-7-8-19-14-12(16)9-11(15)10-4-3-6-18-13(10)14/h1,3-4,6,9,17H,5,7-8H2. The van der Waals surface area contributed by atoms with Crippen LogP contribution in [0, 0.1) is 12.3 Å². The van der Waals surface area contributed by atoms with Gasteiger partial charge in [0, 0.05) is 22.6 Å². The fraction of sp³-hybridized carbons (Fsp3) is 0.214. The molecule has 5 heteroatoms. The zero-order valence-electron chi connectivity index (χ0n) is 10.1. The minimum atomic E-state index is 0.535. The molecule has 1 N–H and O–H groups in total. The van der Waals surface area contributed by atoms with E-state index in [1.807, 2.05) is 18.2 Å². The van der Waals surface area contributed by atoms with Gasteiger partial charge in [-0.15, -0.1) is 6.42 Å². The highest BCUT2D eigenvalue weighted by atomic mass is 79.9.